The van der Waals surface area contributed by atoms with Crippen LogP contribution in [0.1, 0.15) is 10.4 Å². The van der Waals surface area contributed by atoms with E-state index in [1.165, 1.54) is 23.9 Å². The van der Waals surface area contributed by atoms with Gasteiger partial charge in [-0.1, -0.05) is 6.07 Å². The third kappa shape index (κ3) is 2.13. The zero-order chi connectivity index (χ0) is 13.3. The largest absolute Gasteiger partial charge is 0.507 e. The molecule has 1 aliphatic heterocycles. The normalized spacial score (nSPS) is 18.9. The number of nitrogens with zero attached hydrogens (tertiary/aromatic N) is 1. The van der Waals surface area contributed by atoms with Crippen LogP contribution < -0.4 is 0 Å². The number of phenolic OH excluding ortho intramolecular Hbond substituents is 1. The van der Waals surface area contributed by atoms with Crippen molar-refractivity contribution in [3.8, 4) is 5.75 Å². The zero-order valence-electron chi connectivity index (χ0n) is 9.17. The molecule has 0 radical (unpaired) electrons. The minimum absolute atomic E-state index is 0.170. The van der Waals surface area contributed by atoms with E-state index in [1.807, 2.05) is 0 Å². The lowest BCUT2D eigenvalue weighted by Gasteiger charge is -2.21. The van der Waals surface area contributed by atoms with Crippen molar-refractivity contribution in [1.82, 2.24) is 4.90 Å². The first-order valence-corrected chi connectivity index (χ1v) is 6.27. The van der Waals surface area contributed by atoms with Crippen LogP contribution in [-0.2, 0) is 4.79 Å². The number of aromatic hydroxyl groups is 1. The number of hydrogen-bond acceptors (Lipinski definition) is 4. The van der Waals surface area contributed by atoms with Crippen LogP contribution in [0.5, 0.6) is 5.75 Å². The van der Waals surface area contributed by atoms with Gasteiger partial charge in [0.2, 0.25) is 0 Å². The summed E-state index contributed by atoms with van der Waals surface area (Å²) in [7, 11) is 0. The molecular weight excluding hydrogens is 261 g/mol. The number of amides is 1. The highest BCUT2D eigenvalue weighted by Gasteiger charge is 2.36. The van der Waals surface area contributed by atoms with Gasteiger partial charge >= 0.3 is 5.97 Å². The highest BCUT2D eigenvalue weighted by Crippen LogP contribution is 2.27. The Labute approximate surface area is 106 Å². The van der Waals surface area contributed by atoms with Gasteiger partial charge in [0.05, 0.1) is 5.88 Å². The predicted molar refractivity (Wildman–Crippen MR) is 63.0 cm³/mol. The second kappa shape index (κ2) is 4.85. The van der Waals surface area contributed by atoms with Gasteiger partial charge in [0, 0.05) is 5.75 Å². The smallest absolute Gasteiger partial charge is 0.327 e. The van der Waals surface area contributed by atoms with Gasteiger partial charge in [0.1, 0.15) is 23.2 Å². The van der Waals surface area contributed by atoms with E-state index in [0.717, 1.165) is 11.0 Å². The molecule has 1 atom stereocenters. The first kappa shape index (κ1) is 12.7. The fraction of sp³-hybridized carbons (Fsp3) is 0.273. The summed E-state index contributed by atoms with van der Waals surface area (Å²) in [6.07, 6.45) is 0. The lowest BCUT2D eigenvalue weighted by Crippen LogP contribution is -2.42. The number of halogens is 1. The van der Waals surface area contributed by atoms with Gasteiger partial charge in [0.15, 0.2) is 0 Å². The number of carboxylic acids is 1. The summed E-state index contributed by atoms with van der Waals surface area (Å²) in [5.74, 6) is -2.85. The Hall–Kier alpha value is -1.76. The van der Waals surface area contributed by atoms with Gasteiger partial charge in [-0.25, -0.2) is 9.18 Å². The highest BCUT2D eigenvalue weighted by molar-refractivity contribution is 7.99. The maximum atomic E-state index is 13.5. The Kier molecular flexibility index (Phi) is 3.42. The lowest BCUT2D eigenvalue weighted by atomic mass is 10.1. The molecule has 1 amide bonds. The monoisotopic (exact) mass is 271 g/mol. The number of aliphatic carboxylic acids is 1. The maximum absolute atomic E-state index is 13.5. The van der Waals surface area contributed by atoms with Crippen molar-refractivity contribution in [1.29, 1.82) is 0 Å². The van der Waals surface area contributed by atoms with Gasteiger partial charge in [-0.2, -0.15) is 0 Å². The number of benzene rings is 1. The summed E-state index contributed by atoms with van der Waals surface area (Å²) in [6, 6.07) is 2.53. The molecule has 1 aromatic carbocycles. The molecule has 18 heavy (non-hydrogen) atoms. The van der Waals surface area contributed by atoms with E-state index < -0.39 is 35.0 Å². The summed E-state index contributed by atoms with van der Waals surface area (Å²) < 4.78 is 13.5. The van der Waals surface area contributed by atoms with Crippen LogP contribution in [0.4, 0.5) is 4.39 Å². The first-order chi connectivity index (χ1) is 8.52. The topological polar surface area (TPSA) is 77.8 Å². The Morgan fingerprint density at radius 1 is 1.44 bits per heavy atom. The van der Waals surface area contributed by atoms with Gasteiger partial charge in [-0.15, -0.1) is 11.8 Å². The third-order valence-corrected chi connectivity index (χ3v) is 3.65. The van der Waals surface area contributed by atoms with Gasteiger partial charge in [-0.05, 0) is 12.1 Å². The molecule has 0 saturated carbocycles. The number of carbonyl (C=O) groups is 2. The van der Waals surface area contributed by atoms with Crippen molar-refractivity contribution < 1.29 is 24.2 Å². The standard InChI is InChI=1S/C11H10FNO4S/c12-6-2-1-3-8(14)9(6)10(15)13-5-18-4-7(13)11(16)17/h1-3,7,14H,4-5H2,(H,16,17)/t7-/m0/s1. The molecule has 0 spiro atoms. The molecule has 2 rings (SSSR count). The lowest BCUT2D eigenvalue weighted by molar-refractivity contribution is -0.140. The maximum Gasteiger partial charge on any atom is 0.327 e. The average molecular weight is 271 g/mol. The molecule has 0 aromatic heterocycles. The van der Waals surface area contributed by atoms with E-state index >= 15 is 0 Å². The quantitative estimate of drug-likeness (QED) is 0.843. The summed E-state index contributed by atoms with van der Waals surface area (Å²) in [5.41, 5.74) is -0.480. The molecule has 1 aromatic rings. The number of carbonyl (C=O) groups excluding carboxylic acids is 1. The summed E-state index contributed by atoms with van der Waals surface area (Å²) in [6.45, 7) is 0. The molecule has 0 bridgehead atoms. The summed E-state index contributed by atoms with van der Waals surface area (Å²) >= 11 is 1.27. The number of phenols is 1. The van der Waals surface area contributed by atoms with E-state index in [1.54, 1.807) is 0 Å². The van der Waals surface area contributed by atoms with Crippen LogP contribution in [0, 0.1) is 5.82 Å². The van der Waals surface area contributed by atoms with E-state index in [0.29, 0.717) is 0 Å². The molecule has 2 N–H and O–H groups in total. The zero-order valence-corrected chi connectivity index (χ0v) is 9.98. The minimum Gasteiger partial charge on any atom is -0.507 e. The molecule has 5 nitrogen and oxygen atoms in total. The van der Waals surface area contributed by atoms with Crippen LogP contribution in [0.3, 0.4) is 0 Å². The second-order valence-electron chi connectivity index (χ2n) is 3.76. The Morgan fingerprint density at radius 2 is 2.17 bits per heavy atom. The van der Waals surface area contributed by atoms with Crippen LogP contribution in [0.25, 0.3) is 0 Å². The van der Waals surface area contributed by atoms with Crippen LogP contribution >= 0.6 is 11.8 Å². The fourth-order valence-electron chi connectivity index (χ4n) is 1.72. The van der Waals surface area contributed by atoms with Crippen LogP contribution in [-0.4, -0.2) is 44.7 Å². The van der Waals surface area contributed by atoms with E-state index in [-0.39, 0.29) is 11.6 Å². The molecule has 1 fully saturated rings. The molecule has 1 saturated heterocycles. The van der Waals surface area contributed by atoms with Crippen LogP contribution in [0.15, 0.2) is 18.2 Å². The Balaban J connectivity index is 2.34. The second-order valence-corrected chi connectivity index (χ2v) is 4.76. The molecule has 0 aliphatic carbocycles. The Morgan fingerprint density at radius 3 is 2.78 bits per heavy atom. The minimum atomic E-state index is -1.14. The number of thioether (sulfide) groups is 1. The molecule has 96 valence electrons. The fourth-order valence-corrected chi connectivity index (χ4v) is 2.86. The molecular formula is C11H10FNO4S. The van der Waals surface area contributed by atoms with Gasteiger partial charge in [-0.3, -0.25) is 4.79 Å². The van der Waals surface area contributed by atoms with Gasteiger partial charge in [0.25, 0.3) is 5.91 Å². The van der Waals surface area contributed by atoms with Crippen molar-refractivity contribution in [3.63, 3.8) is 0 Å². The first-order valence-electron chi connectivity index (χ1n) is 5.11. The third-order valence-electron chi connectivity index (χ3n) is 2.63. The van der Waals surface area contributed by atoms with E-state index in [2.05, 4.69) is 0 Å². The van der Waals surface area contributed by atoms with Crippen molar-refractivity contribution in [2.45, 2.75) is 6.04 Å². The molecule has 1 aliphatic rings. The van der Waals surface area contributed by atoms with Crippen molar-refractivity contribution in [2.24, 2.45) is 0 Å². The molecule has 1 heterocycles. The van der Waals surface area contributed by atoms with Crippen molar-refractivity contribution in [3.05, 3.63) is 29.6 Å². The van der Waals surface area contributed by atoms with Crippen LogP contribution in [0.2, 0.25) is 0 Å². The predicted octanol–water partition coefficient (Wildman–Crippen LogP) is 1.13. The van der Waals surface area contributed by atoms with Crippen molar-refractivity contribution >= 4 is 23.6 Å². The summed E-state index contributed by atoms with van der Waals surface area (Å²) in [4.78, 5) is 24.1. The number of carboxylic acid groups (broad SMARTS) is 1. The SMILES string of the molecule is O=C(O)[C@@H]1CSCN1C(=O)c1c(O)cccc1F. The van der Waals surface area contributed by atoms with E-state index in [4.69, 9.17) is 5.11 Å². The number of hydrogen-bond donors (Lipinski definition) is 2. The highest BCUT2D eigenvalue weighted by atomic mass is 32.2. The molecule has 0 unspecified atom stereocenters. The molecule has 7 heteroatoms. The average Bonchev–Trinajstić information content (AvgIpc) is 2.77. The van der Waals surface area contributed by atoms with E-state index in [9.17, 15) is 19.1 Å². The Bertz CT molecular complexity index is 488. The van der Waals surface area contributed by atoms with Gasteiger partial charge < -0.3 is 15.1 Å². The summed E-state index contributed by atoms with van der Waals surface area (Å²) in [5, 5.41) is 18.5. The number of rotatable bonds is 2. The van der Waals surface area contributed by atoms with Crippen molar-refractivity contribution in [2.75, 3.05) is 11.6 Å².